The van der Waals surface area contributed by atoms with Gasteiger partial charge in [-0.05, 0) is 45.4 Å². The van der Waals surface area contributed by atoms with Crippen LogP contribution >= 0.6 is 0 Å². The first-order chi connectivity index (χ1) is 9.56. The number of hydrogen-bond acceptors (Lipinski definition) is 4. The maximum atomic E-state index is 12.1. The van der Waals surface area contributed by atoms with Crippen LogP contribution in [0, 0.1) is 6.92 Å². The van der Waals surface area contributed by atoms with Crippen LogP contribution in [0.2, 0.25) is 0 Å². The van der Waals surface area contributed by atoms with Crippen LogP contribution in [0.25, 0.3) is 0 Å². The van der Waals surface area contributed by atoms with Crippen molar-refractivity contribution < 1.29 is 24.2 Å². The second-order valence-corrected chi connectivity index (χ2v) is 5.67. The van der Waals surface area contributed by atoms with Gasteiger partial charge in [-0.2, -0.15) is 0 Å². The molecular weight excluding hydrogens is 274 g/mol. The number of nitrogens with zero attached hydrogens (tertiary/aromatic N) is 1. The van der Waals surface area contributed by atoms with Gasteiger partial charge in [-0.3, -0.25) is 9.69 Å². The van der Waals surface area contributed by atoms with E-state index >= 15 is 0 Å². The minimum absolute atomic E-state index is 0.0231. The quantitative estimate of drug-likeness (QED) is 0.866. The number of aldehydes is 1. The van der Waals surface area contributed by atoms with Crippen molar-refractivity contribution >= 4 is 24.0 Å². The van der Waals surface area contributed by atoms with E-state index in [1.54, 1.807) is 27.7 Å². The first kappa shape index (κ1) is 16.7. The maximum Gasteiger partial charge on any atom is 0.414 e. The lowest BCUT2D eigenvalue weighted by Crippen LogP contribution is -2.34. The van der Waals surface area contributed by atoms with E-state index in [-0.39, 0.29) is 11.1 Å². The largest absolute Gasteiger partial charge is 0.478 e. The summed E-state index contributed by atoms with van der Waals surface area (Å²) in [5.74, 6) is -1.16. The summed E-state index contributed by atoms with van der Waals surface area (Å²) in [5, 5.41) is 9.17. The first-order valence-corrected chi connectivity index (χ1v) is 6.36. The van der Waals surface area contributed by atoms with Crippen LogP contribution in [0.3, 0.4) is 0 Å². The predicted octanol–water partition coefficient (Wildman–Crippen LogP) is 2.88. The third-order valence-electron chi connectivity index (χ3n) is 2.80. The molecule has 6 heteroatoms. The molecule has 1 aromatic rings. The Bertz CT molecular complexity index is 586. The number of ether oxygens (including phenoxy) is 1. The molecule has 0 radical (unpaired) electrons. The third kappa shape index (κ3) is 4.05. The first-order valence-electron chi connectivity index (χ1n) is 6.36. The number of hydrogen-bond donors (Lipinski definition) is 1. The Labute approximate surface area is 123 Å². The number of amides is 1. The Morgan fingerprint density at radius 3 is 2.29 bits per heavy atom. The normalized spacial score (nSPS) is 10.9. The molecule has 1 rings (SSSR count). The molecule has 0 atom stereocenters. The van der Waals surface area contributed by atoms with Gasteiger partial charge in [0.15, 0.2) is 0 Å². The van der Waals surface area contributed by atoms with Crippen molar-refractivity contribution in [3.63, 3.8) is 0 Å². The molecule has 1 aromatic carbocycles. The smallest absolute Gasteiger partial charge is 0.414 e. The van der Waals surface area contributed by atoms with Gasteiger partial charge in [-0.25, -0.2) is 9.59 Å². The van der Waals surface area contributed by atoms with Crippen molar-refractivity contribution in [3.05, 3.63) is 28.8 Å². The maximum absolute atomic E-state index is 12.1. The average molecular weight is 293 g/mol. The minimum atomic E-state index is -1.16. The molecule has 21 heavy (non-hydrogen) atoms. The number of carbonyl (C=O) groups excluding carboxylic acids is 2. The third-order valence-corrected chi connectivity index (χ3v) is 2.80. The van der Waals surface area contributed by atoms with Crippen molar-refractivity contribution in [2.45, 2.75) is 33.3 Å². The van der Waals surface area contributed by atoms with Crippen LogP contribution in [0.1, 0.15) is 47.1 Å². The summed E-state index contributed by atoms with van der Waals surface area (Å²) in [6.45, 7) is 6.77. The van der Waals surface area contributed by atoms with Crippen molar-refractivity contribution in [1.29, 1.82) is 0 Å². The summed E-state index contributed by atoms with van der Waals surface area (Å²) < 4.78 is 5.23. The van der Waals surface area contributed by atoms with E-state index in [4.69, 9.17) is 9.84 Å². The lowest BCUT2D eigenvalue weighted by molar-refractivity contribution is 0.0587. The number of rotatable bonds is 3. The molecular formula is C15H19NO5. The SMILES string of the molecule is Cc1c(C(=O)O)cc(C=O)cc1N(C)C(=O)OC(C)(C)C. The van der Waals surface area contributed by atoms with Crippen molar-refractivity contribution in [3.8, 4) is 0 Å². The monoisotopic (exact) mass is 293 g/mol. The molecule has 1 amide bonds. The number of carboxylic acids is 1. The molecule has 1 N–H and O–H groups in total. The molecule has 0 saturated heterocycles. The van der Waals surface area contributed by atoms with Gasteiger partial charge in [0.05, 0.1) is 11.3 Å². The molecule has 0 aliphatic carbocycles. The highest BCUT2D eigenvalue weighted by Gasteiger charge is 2.23. The zero-order chi connectivity index (χ0) is 16.4. The predicted molar refractivity (Wildman–Crippen MR) is 78.2 cm³/mol. The fourth-order valence-corrected chi connectivity index (χ4v) is 1.79. The fourth-order valence-electron chi connectivity index (χ4n) is 1.79. The number of benzene rings is 1. The highest BCUT2D eigenvalue weighted by Crippen LogP contribution is 2.26. The van der Waals surface area contributed by atoms with Crippen LogP contribution in [-0.2, 0) is 4.74 Å². The summed E-state index contributed by atoms with van der Waals surface area (Å²) in [4.78, 5) is 35.4. The van der Waals surface area contributed by atoms with E-state index in [0.29, 0.717) is 17.5 Å². The summed E-state index contributed by atoms with van der Waals surface area (Å²) in [6, 6.07) is 2.73. The van der Waals surface area contributed by atoms with Crippen LogP contribution in [0.4, 0.5) is 10.5 Å². The molecule has 6 nitrogen and oxygen atoms in total. The zero-order valence-corrected chi connectivity index (χ0v) is 12.8. The van der Waals surface area contributed by atoms with Crippen molar-refractivity contribution in [2.75, 3.05) is 11.9 Å². The molecule has 0 saturated carbocycles. The highest BCUT2D eigenvalue weighted by atomic mass is 16.6. The molecule has 114 valence electrons. The van der Waals surface area contributed by atoms with Gasteiger partial charge in [0.25, 0.3) is 0 Å². The number of aromatic carboxylic acids is 1. The van der Waals surface area contributed by atoms with Crippen molar-refractivity contribution in [1.82, 2.24) is 0 Å². The van der Waals surface area contributed by atoms with E-state index in [1.807, 2.05) is 0 Å². The van der Waals surface area contributed by atoms with E-state index < -0.39 is 17.7 Å². The fraction of sp³-hybridized carbons (Fsp3) is 0.400. The molecule has 0 bridgehead atoms. The molecule has 0 spiro atoms. The lowest BCUT2D eigenvalue weighted by atomic mass is 10.0. The van der Waals surface area contributed by atoms with Crippen LogP contribution < -0.4 is 4.90 Å². The van der Waals surface area contributed by atoms with E-state index in [9.17, 15) is 14.4 Å². The summed E-state index contributed by atoms with van der Waals surface area (Å²) in [6.07, 6.45) is -0.0804. The average Bonchev–Trinajstić information content (AvgIpc) is 2.35. The molecule has 0 heterocycles. The topological polar surface area (TPSA) is 83.9 Å². The minimum Gasteiger partial charge on any atom is -0.478 e. The summed E-state index contributed by atoms with van der Waals surface area (Å²) in [7, 11) is 1.47. The Kier molecular flexibility index (Phi) is 4.73. The molecule has 0 aromatic heterocycles. The standard InChI is InChI=1S/C15H19NO5/c1-9-11(13(18)19)6-10(8-17)7-12(9)16(5)14(20)21-15(2,3)4/h6-8H,1-5H3,(H,18,19). The van der Waals surface area contributed by atoms with Gasteiger partial charge in [0, 0.05) is 12.6 Å². The second kappa shape index (κ2) is 5.95. The van der Waals surface area contributed by atoms with E-state index in [2.05, 4.69) is 0 Å². The Morgan fingerprint density at radius 1 is 1.29 bits per heavy atom. The van der Waals surface area contributed by atoms with E-state index in [1.165, 1.54) is 24.1 Å². The molecule has 0 aliphatic heterocycles. The van der Waals surface area contributed by atoms with Gasteiger partial charge in [0.2, 0.25) is 0 Å². The highest BCUT2D eigenvalue weighted by molar-refractivity contribution is 5.97. The zero-order valence-electron chi connectivity index (χ0n) is 12.8. The molecule has 0 fully saturated rings. The van der Waals surface area contributed by atoms with Gasteiger partial charge in [0.1, 0.15) is 11.9 Å². The van der Waals surface area contributed by atoms with Gasteiger partial charge >= 0.3 is 12.1 Å². The van der Waals surface area contributed by atoms with Crippen LogP contribution in [-0.4, -0.2) is 36.1 Å². The Balaban J connectivity index is 3.29. The second-order valence-electron chi connectivity index (χ2n) is 5.67. The summed E-state index contributed by atoms with van der Waals surface area (Å²) >= 11 is 0. The number of carboxylic acid groups (broad SMARTS) is 1. The van der Waals surface area contributed by atoms with Crippen LogP contribution in [0.15, 0.2) is 12.1 Å². The lowest BCUT2D eigenvalue weighted by Gasteiger charge is -2.26. The van der Waals surface area contributed by atoms with Crippen molar-refractivity contribution in [2.24, 2.45) is 0 Å². The van der Waals surface area contributed by atoms with Gasteiger partial charge in [-0.15, -0.1) is 0 Å². The van der Waals surface area contributed by atoms with Gasteiger partial charge < -0.3 is 9.84 Å². The van der Waals surface area contributed by atoms with Crippen LogP contribution in [0.5, 0.6) is 0 Å². The summed E-state index contributed by atoms with van der Waals surface area (Å²) in [5.41, 5.74) is 0.207. The Morgan fingerprint density at radius 2 is 1.86 bits per heavy atom. The molecule has 0 unspecified atom stereocenters. The Hall–Kier alpha value is -2.37. The van der Waals surface area contributed by atoms with Gasteiger partial charge in [-0.1, -0.05) is 0 Å². The number of carbonyl (C=O) groups is 3. The van der Waals surface area contributed by atoms with E-state index in [0.717, 1.165) is 0 Å². The number of anilines is 1. The molecule has 0 aliphatic rings.